The molecule has 3 rings (SSSR count). The molecule has 1 N–H and O–H groups in total. The second kappa shape index (κ2) is 8.87. The van der Waals surface area contributed by atoms with E-state index in [4.69, 9.17) is 16.1 Å². The predicted octanol–water partition coefficient (Wildman–Crippen LogP) is 4.00. The van der Waals surface area contributed by atoms with Crippen molar-refractivity contribution in [2.24, 2.45) is 0 Å². The van der Waals surface area contributed by atoms with Gasteiger partial charge in [0.2, 0.25) is 5.89 Å². The molecule has 27 heavy (non-hydrogen) atoms. The number of hydrogen-bond donors (Lipinski definition) is 1. The number of likely N-dealkylation sites (N-methyl/N-ethyl adjacent to an activating group) is 1. The first-order chi connectivity index (χ1) is 12.4. The van der Waals surface area contributed by atoms with Crippen molar-refractivity contribution in [3.8, 4) is 5.69 Å². The molecule has 146 valence electrons. The lowest BCUT2D eigenvalue weighted by atomic mass is 10.1. The van der Waals surface area contributed by atoms with Crippen molar-refractivity contribution >= 4 is 24.0 Å². The standard InChI is InChI=1S/C19H24ClN5O.ClH/c1-11-6-7-15(9-17(11)20)25-14(4)16(13(3)23-25)10-19-22-18(24-26-19)8-12(2)21-5;/h6-7,9,12,21H,8,10H2,1-5H3;1H. The minimum atomic E-state index is 0. The number of halogens is 2. The van der Waals surface area contributed by atoms with Gasteiger partial charge in [0, 0.05) is 28.7 Å². The van der Waals surface area contributed by atoms with Gasteiger partial charge in [-0.25, -0.2) is 4.68 Å². The third-order valence-electron chi connectivity index (χ3n) is 4.66. The molecule has 0 aliphatic carbocycles. The van der Waals surface area contributed by atoms with E-state index in [-0.39, 0.29) is 12.4 Å². The molecule has 6 nitrogen and oxygen atoms in total. The highest BCUT2D eigenvalue weighted by Gasteiger charge is 2.17. The molecule has 3 aromatic rings. The first-order valence-electron chi connectivity index (χ1n) is 8.69. The first-order valence-corrected chi connectivity index (χ1v) is 9.07. The lowest BCUT2D eigenvalue weighted by Crippen LogP contribution is -2.24. The van der Waals surface area contributed by atoms with Gasteiger partial charge in [-0.2, -0.15) is 10.1 Å². The van der Waals surface area contributed by atoms with Crippen molar-refractivity contribution in [3.05, 3.63) is 57.5 Å². The monoisotopic (exact) mass is 409 g/mol. The molecule has 2 aromatic heterocycles. The van der Waals surface area contributed by atoms with Crippen LogP contribution >= 0.6 is 24.0 Å². The molecule has 1 atom stereocenters. The Morgan fingerprint density at radius 3 is 2.67 bits per heavy atom. The fourth-order valence-electron chi connectivity index (χ4n) is 2.87. The van der Waals surface area contributed by atoms with E-state index in [9.17, 15) is 0 Å². The summed E-state index contributed by atoms with van der Waals surface area (Å²) in [5.74, 6) is 1.32. The zero-order valence-corrected chi connectivity index (χ0v) is 17.8. The molecule has 2 heterocycles. The lowest BCUT2D eigenvalue weighted by molar-refractivity contribution is 0.377. The molecule has 0 spiro atoms. The Hall–Kier alpha value is -1.89. The topological polar surface area (TPSA) is 68.8 Å². The van der Waals surface area contributed by atoms with Crippen LogP contribution in [0.1, 0.15) is 41.2 Å². The second-order valence-electron chi connectivity index (χ2n) is 6.67. The van der Waals surface area contributed by atoms with E-state index in [0.717, 1.165) is 45.5 Å². The van der Waals surface area contributed by atoms with Crippen LogP contribution in [0.4, 0.5) is 0 Å². The number of hydrogen-bond acceptors (Lipinski definition) is 5. The number of benzene rings is 1. The van der Waals surface area contributed by atoms with Gasteiger partial charge in [-0.05, 0) is 52.4 Å². The fourth-order valence-corrected chi connectivity index (χ4v) is 3.04. The molecular formula is C19H25Cl2N5O. The lowest BCUT2D eigenvalue weighted by Gasteiger charge is -2.07. The summed E-state index contributed by atoms with van der Waals surface area (Å²) in [7, 11) is 1.92. The maximum absolute atomic E-state index is 6.27. The average Bonchev–Trinajstić information content (AvgIpc) is 3.16. The van der Waals surface area contributed by atoms with Gasteiger partial charge >= 0.3 is 0 Å². The summed E-state index contributed by atoms with van der Waals surface area (Å²) < 4.78 is 7.34. The second-order valence-corrected chi connectivity index (χ2v) is 7.08. The summed E-state index contributed by atoms with van der Waals surface area (Å²) in [6, 6.07) is 6.26. The van der Waals surface area contributed by atoms with E-state index in [0.29, 0.717) is 18.4 Å². The molecule has 1 aromatic carbocycles. The fraction of sp³-hybridized carbons (Fsp3) is 0.421. The number of aryl methyl sites for hydroxylation is 2. The number of rotatable bonds is 6. The molecule has 0 saturated carbocycles. The molecule has 0 aliphatic heterocycles. The van der Waals surface area contributed by atoms with E-state index in [2.05, 4.69) is 27.5 Å². The van der Waals surface area contributed by atoms with Gasteiger partial charge in [0.05, 0.1) is 17.8 Å². The molecule has 1 unspecified atom stereocenters. The van der Waals surface area contributed by atoms with Gasteiger partial charge in [-0.3, -0.25) is 0 Å². The van der Waals surface area contributed by atoms with Gasteiger partial charge < -0.3 is 9.84 Å². The summed E-state index contributed by atoms with van der Waals surface area (Å²) in [6.45, 7) is 8.11. The minimum absolute atomic E-state index is 0. The number of nitrogens with one attached hydrogen (secondary N) is 1. The van der Waals surface area contributed by atoms with Crippen LogP contribution in [0.2, 0.25) is 5.02 Å². The van der Waals surface area contributed by atoms with Gasteiger partial charge in [-0.1, -0.05) is 22.8 Å². The largest absolute Gasteiger partial charge is 0.339 e. The molecule has 0 radical (unpaired) electrons. The normalized spacial score (nSPS) is 12.1. The summed E-state index contributed by atoms with van der Waals surface area (Å²) in [6.07, 6.45) is 1.30. The molecule has 0 amide bonds. The summed E-state index contributed by atoms with van der Waals surface area (Å²) in [5, 5.41) is 12.7. The summed E-state index contributed by atoms with van der Waals surface area (Å²) in [4.78, 5) is 4.51. The SMILES string of the molecule is CNC(C)Cc1noc(Cc2c(C)nn(-c3ccc(C)c(Cl)c3)c2C)n1.Cl. The van der Waals surface area contributed by atoms with Crippen molar-refractivity contribution in [2.75, 3.05) is 7.05 Å². The predicted molar refractivity (Wildman–Crippen MR) is 109 cm³/mol. The van der Waals surface area contributed by atoms with Crippen molar-refractivity contribution in [1.29, 1.82) is 0 Å². The van der Waals surface area contributed by atoms with Crippen LogP contribution in [-0.4, -0.2) is 33.0 Å². The first kappa shape index (κ1) is 21.4. The van der Waals surface area contributed by atoms with E-state index in [1.165, 1.54) is 0 Å². The average molecular weight is 410 g/mol. The van der Waals surface area contributed by atoms with Crippen LogP contribution in [0.3, 0.4) is 0 Å². The molecule has 0 fully saturated rings. The van der Waals surface area contributed by atoms with Crippen LogP contribution in [0.15, 0.2) is 22.7 Å². The zero-order valence-electron chi connectivity index (χ0n) is 16.2. The quantitative estimate of drug-likeness (QED) is 0.666. The van der Waals surface area contributed by atoms with E-state index >= 15 is 0 Å². The van der Waals surface area contributed by atoms with Crippen LogP contribution < -0.4 is 5.32 Å². The Labute approximate surface area is 170 Å². The maximum Gasteiger partial charge on any atom is 0.231 e. The smallest absolute Gasteiger partial charge is 0.231 e. The molecular weight excluding hydrogens is 385 g/mol. The number of aromatic nitrogens is 4. The van der Waals surface area contributed by atoms with E-state index in [1.54, 1.807) is 0 Å². The minimum Gasteiger partial charge on any atom is -0.339 e. The highest BCUT2D eigenvalue weighted by atomic mass is 35.5. The highest BCUT2D eigenvalue weighted by Crippen LogP contribution is 2.24. The van der Waals surface area contributed by atoms with Crippen molar-refractivity contribution < 1.29 is 4.52 Å². The Morgan fingerprint density at radius 2 is 2.00 bits per heavy atom. The molecule has 0 saturated heterocycles. The van der Waals surface area contributed by atoms with Gasteiger partial charge in [0.1, 0.15) is 0 Å². The Balaban J connectivity index is 0.00000261. The third-order valence-corrected chi connectivity index (χ3v) is 5.07. The van der Waals surface area contributed by atoms with Crippen molar-refractivity contribution in [1.82, 2.24) is 25.2 Å². The van der Waals surface area contributed by atoms with Gasteiger partial charge in [-0.15, -0.1) is 12.4 Å². The van der Waals surface area contributed by atoms with E-state index in [1.807, 2.05) is 50.7 Å². The van der Waals surface area contributed by atoms with Crippen LogP contribution in [-0.2, 0) is 12.8 Å². The van der Waals surface area contributed by atoms with Gasteiger partial charge in [0.15, 0.2) is 5.82 Å². The molecule has 0 aliphatic rings. The zero-order chi connectivity index (χ0) is 18.8. The Kier molecular flexibility index (Phi) is 7.03. The van der Waals surface area contributed by atoms with Crippen LogP contribution in [0.25, 0.3) is 5.69 Å². The number of nitrogens with zero attached hydrogens (tertiary/aromatic N) is 4. The summed E-state index contributed by atoms with van der Waals surface area (Å²) >= 11 is 6.27. The van der Waals surface area contributed by atoms with Crippen LogP contribution in [0.5, 0.6) is 0 Å². The Morgan fingerprint density at radius 1 is 1.26 bits per heavy atom. The molecule has 0 bridgehead atoms. The van der Waals surface area contributed by atoms with Crippen LogP contribution in [0, 0.1) is 20.8 Å². The van der Waals surface area contributed by atoms with E-state index < -0.39 is 0 Å². The van der Waals surface area contributed by atoms with Gasteiger partial charge in [0.25, 0.3) is 0 Å². The Bertz CT molecular complexity index is 919. The molecule has 8 heteroatoms. The van der Waals surface area contributed by atoms with Crippen molar-refractivity contribution in [2.45, 2.75) is 46.6 Å². The maximum atomic E-state index is 6.27. The third kappa shape index (κ3) is 4.69. The summed E-state index contributed by atoms with van der Waals surface area (Å²) in [5.41, 5.74) is 5.08. The van der Waals surface area contributed by atoms with Crippen molar-refractivity contribution in [3.63, 3.8) is 0 Å². The highest BCUT2D eigenvalue weighted by molar-refractivity contribution is 6.31.